The van der Waals surface area contributed by atoms with Gasteiger partial charge >= 0.3 is 0 Å². The molecule has 0 N–H and O–H groups in total. The molecule has 1 unspecified atom stereocenters. The minimum Gasteiger partial charge on any atom is -0.456 e. The summed E-state index contributed by atoms with van der Waals surface area (Å²) in [6, 6.07) is 33.8. The van der Waals surface area contributed by atoms with Gasteiger partial charge < -0.3 is 4.42 Å². The maximum absolute atomic E-state index is 6.45. The summed E-state index contributed by atoms with van der Waals surface area (Å²) in [7, 11) is 0. The maximum Gasteiger partial charge on any atom is 0.135 e. The van der Waals surface area contributed by atoms with Crippen LogP contribution in [0, 0.1) is 16.7 Å². The number of hydrogen-bond donors (Lipinski definition) is 0. The largest absolute Gasteiger partial charge is 0.456 e. The zero-order valence-corrected chi connectivity index (χ0v) is 28.2. The Hall–Kier alpha value is -4.88. The van der Waals surface area contributed by atoms with E-state index in [0.29, 0.717) is 5.92 Å². The SMILES string of the molecule is CC(C)(C)C1=CC2=C(c3ccc4oc5ccc(-c6ccc7ccc8cccc9ccc6c7c89)cc5c4c3)C=C(C(C)(C)C)CC2C=C1. The Bertz CT molecular complexity index is 2530. The van der Waals surface area contributed by atoms with Gasteiger partial charge in [-0.05, 0) is 107 Å². The monoisotopic (exact) mass is 608 g/mol. The lowest BCUT2D eigenvalue weighted by atomic mass is 9.69. The van der Waals surface area contributed by atoms with Crippen LogP contribution < -0.4 is 0 Å². The second-order valence-electron chi connectivity index (χ2n) is 15.8. The fraction of sp³-hybridized carbons (Fsp3) is 0.217. The van der Waals surface area contributed by atoms with Gasteiger partial charge in [-0.25, -0.2) is 0 Å². The topological polar surface area (TPSA) is 13.1 Å². The molecule has 0 radical (unpaired) electrons. The first-order chi connectivity index (χ1) is 22.5. The fourth-order valence-electron chi connectivity index (χ4n) is 7.99. The van der Waals surface area contributed by atoms with E-state index in [1.165, 1.54) is 76.7 Å². The van der Waals surface area contributed by atoms with Crippen LogP contribution in [0.3, 0.4) is 0 Å². The van der Waals surface area contributed by atoms with Crippen molar-refractivity contribution >= 4 is 59.8 Å². The van der Waals surface area contributed by atoms with E-state index in [1.807, 2.05) is 0 Å². The molecule has 0 fully saturated rings. The van der Waals surface area contributed by atoms with Crippen molar-refractivity contribution in [2.24, 2.45) is 16.7 Å². The molecule has 2 aliphatic rings. The summed E-state index contributed by atoms with van der Waals surface area (Å²) in [5.74, 6) is 0.397. The molecular weight excluding hydrogens is 569 g/mol. The predicted octanol–water partition coefficient (Wildman–Crippen LogP) is 13.4. The maximum atomic E-state index is 6.45. The Labute approximate surface area is 276 Å². The number of allylic oxidation sites excluding steroid dienone is 8. The van der Waals surface area contributed by atoms with Crippen LogP contribution in [0.5, 0.6) is 0 Å². The highest BCUT2D eigenvalue weighted by molar-refractivity contribution is 6.25. The van der Waals surface area contributed by atoms with Gasteiger partial charge in [0.25, 0.3) is 0 Å². The van der Waals surface area contributed by atoms with E-state index in [4.69, 9.17) is 4.42 Å². The van der Waals surface area contributed by atoms with Crippen LogP contribution in [0.25, 0.3) is 71.0 Å². The van der Waals surface area contributed by atoms with E-state index < -0.39 is 0 Å². The first kappa shape index (κ1) is 28.4. The standard InChI is InChI=1S/C46H40O/c1-45(2,3)33-17-12-30-22-34(46(4,5)6)26-38(37(30)25-33)32-16-21-42-40(24-32)39-23-31(15-20-41(39)47-42)35-18-13-29-11-10-27-8-7-9-28-14-19-36(35)44(29)43(27)28/h7-21,23-26,30H,22H2,1-6H3. The van der Waals surface area contributed by atoms with Crippen LogP contribution >= 0.6 is 0 Å². The summed E-state index contributed by atoms with van der Waals surface area (Å²) in [6.45, 7) is 14.0. The van der Waals surface area contributed by atoms with Gasteiger partial charge in [0.05, 0.1) is 0 Å². The zero-order valence-electron chi connectivity index (χ0n) is 28.2. The Kier molecular flexibility index (Phi) is 5.92. The second-order valence-corrected chi connectivity index (χ2v) is 15.8. The summed E-state index contributed by atoms with van der Waals surface area (Å²) in [5, 5.41) is 10.2. The van der Waals surface area contributed by atoms with E-state index in [0.717, 1.165) is 23.0 Å². The number of furan rings is 1. The fourth-order valence-corrected chi connectivity index (χ4v) is 7.99. The molecule has 1 nitrogen and oxygen atoms in total. The van der Waals surface area contributed by atoms with Crippen LogP contribution in [0.1, 0.15) is 53.5 Å². The predicted molar refractivity (Wildman–Crippen MR) is 202 cm³/mol. The summed E-state index contributed by atoms with van der Waals surface area (Å²) in [5.41, 5.74) is 11.5. The van der Waals surface area contributed by atoms with Crippen LogP contribution in [-0.2, 0) is 0 Å². The van der Waals surface area contributed by atoms with Crippen LogP contribution in [-0.4, -0.2) is 0 Å². The molecule has 0 amide bonds. The Balaban J connectivity index is 1.24. The Morgan fingerprint density at radius 2 is 1.23 bits per heavy atom. The molecule has 0 aliphatic heterocycles. The molecule has 1 heterocycles. The molecule has 47 heavy (non-hydrogen) atoms. The first-order valence-corrected chi connectivity index (χ1v) is 17.0. The van der Waals surface area contributed by atoms with Gasteiger partial charge in [-0.3, -0.25) is 0 Å². The van der Waals surface area contributed by atoms with E-state index in [1.54, 1.807) is 0 Å². The van der Waals surface area contributed by atoms with Crippen molar-refractivity contribution in [1.82, 2.24) is 0 Å². The molecule has 7 aromatic rings. The Morgan fingerprint density at radius 3 is 1.94 bits per heavy atom. The Morgan fingerprint density at radius 1 is 0.596 bits per heavy atom. The molecule has 0 bridgehead atoms. The molecule has 0 saturated carbocycles. The zero-order chi connectivity index (χ0) is 32.2. The summed E-state index contributed by atoms with van der Waals surface area (Å²) < 4.78 is 6.45. The van der Waals surface area contributed by atoms with E-state index in [-0.39, 0.29) is 10.8 Å². The highest BCUT2D eigenvalue weighted by atomic mass is 16.3. The average molecular weight is 609 g/mol. The lowest BCUT2D eigenvalue weighted by Gasteiger charge is -2.35. The van der Waals surface area contributed by atoms with Gasteiger partial charge in [0.2, 0.25) is 0 Å². The van der Waals surface area contributed by atoms with E-state index in [9.17, 15) is 0 Å². The van der Waals surface area contributed by atoms with Crippen molar-refractivity contribution < 1.29 is 4.42 Å². The molecule has 0 spiro atoms. The van der Waals surface area contributed by atoms with Crippen molar-refractivity contribution in [1.29, 1.82) is 0 Å². The number of rotatable bonds is 2. The molecule has 1 aromatic heterocycles. The average Bonchev–Trinajstić information content (AvgIpc) is 3.43. The van der Waals surface area contributed by atoms with Crippen molar-refractivity contribution in [3.05, 3.63) is 138 Å². The van der Waals surface area contributed by atoms with Crippen molar-refractivity contribution in [2.45, 2.75) is 48.0 Å². The molecule has 230 valence electrons. The van der Waals surface area contributed by atoms with Gasteiger partial charge in [0.15, 0.2) is 0 Å². The smallest absolute Gasteiger partial charge is 0.135 e. The lowest BCUT2D eigenvalue weighted by Crippen LogP contribution is -2.21. The molecule has 2 aliphatic carbocycles. The van der Waals surface area contributed by atoms with Gasteiger partial charge in [-0.1, -0.05) is 138 Å². The van der Waals surface area contributed by atoms with Crippen LogP contribution in [0.2, 0.25) is 0 Å². The number of benzene rings is 6. The highest BCUT2D eigenvalue weighted by Crippen LogP contribution is 2.47. The van der Waals surface area contributed by atoms with Gasteiger partial charge in [-0.2, -0.15) is 0 Å². The van der Waals surface area contributed by atoms with Crippen LogP contribution in [0.15, 0.2) is 136 Å². The van der Waals surface area contributed by atoms with Crippen molar-refractivity contribution in [2.75, 3.05) is 0 Å². The molecule has 9 rings (SSSR count). The van der Waals surface area contributed by atoms with E-state index in [2.05, 4.69) is 157 Å². The number of fused-ring (bicyclic) bond motifs is 4. The minimum atomic E-state index is 0.0971. The van der Waals surface area contributed by atoms with Gasteiger partial charge in [0.1, 0.15) is 11.2 Å². The third kappa shape index (κ3) is 4.43. The van der Waals surface area contributed by atoms with Gasteiger partial charge in [-0.15, -0.1) is 0 Å². The molecule has 1 atom stereocenters. The quantitative estimate of drug-likeness (QED) is 0.178. The van der Waals surface area contributed by atoms with Crippen LogP contribution in [0.4, 0.5) is 0 Å². The first-order valence-electron chi connectivity index (χ1n) is 17.0. The number of hydrogen-bond acceptors (Lipinski definition) is 1. The van der Waals surface area contributed by atoms with Gasteiger partial charge in [0, 0.05) is 16.7 Å². The normalized spacial score (nSPS) is 17.4. The van der Waals surface area contributed by atoms with Crippen molar-refractivity contribution in [3.8, 4) is 11.1 Å². The highest BCUT2D eigenvalue weighted by Gasteiger charge is 2.31. The molecule has 6 aromatic carbocycles. The van der Waals surface area contributed by atoms with E-state index >= 15 is 0 Å². The second kappa shape index (κ2) is 9.81. The summed E-state index contributed by atoms with van der Waals surface area (Å²) >= 11 is 0. The summed E-state index contributed by atoms with van der Waals surface area (Å²) in [4.78, 5) is 0. The lowest BCUT2D eigenvalue weighted by molar-refractivity contribution is 0.464. The molecular formula is C46H40O. The minimum absolute atomic E-state index is 0.0971. The van der Waals surface area contributed by atoms with Crippen molar-refractivity contribution in [3.63, 3.8) is 0 Å². The third-order valence-electron chi connectivity index (χ3n) is 10.7. The third-order valence-corrected chi connectivity index (χ3v) is 10.7. The summed E-state index contributed by atoms with van der Waals surface area (Å²) in [6.07, 6.45) is 10.8. The molecule has 1 heteroatoms. The molecule has 0 saturated heterocycles.